The molecule has 0 bridgehead atoms. The van der Waals surface area contributed by atoms with Crippen molar-refractivity contribution in [3.05, 3.63) is 29.8 Å². The second-order valence-corrected chi connectivity index (χ2v) is 3.98. The molecule has 0 N–H and O–H groups in total. The fourth-order valence-electron chi connectivity index (χ4n) is 1.36. The third kappa shape index (κ3) is 3.26. The number of hydrogen-bond donors (Lipinski definition) is 0. The van der Waals surface area contributed by atoms with Crippen LogP contribution in [0.2, 0.25) is 0 Å². The van der Waals surface area contributed by atoms with Crippen molar-refractivity contribution in [3.63, 3.8) is 0 Å². The highest BCUT2D eigenvalue weighted by molar-refractivity contribution is 5.77. The van der Waals surface area contributed by atoms with Gasteiger partial charge in [0.15, 0.2) is 0 Å². The van der Waals surface area contributed by atoms with Crippen LogP contribution in [0.4, 0.5) is 0 Å². The molecule has 1 aromatic rings. The standard InChI is InChI=1S/C13H18O3/c1-9(2)16-13(14)10(3)11-5-7-12(15-4)8-6-11/h5-10H,1-4H3. The summed E-state index contributed by atoms with van der Waals surface area (Å²) in [4.78, 5) is 11.7. The van der Waals surface area contributed by atoms with E-state index in [4.69, 9.17) is 9.47 Å². The maximum absolute atomic E-state index is 11.7. The highest BCUT2D eigenvalue weighted by Crippen LogP contribution is 2.20. The fourth-order valence-corrected chi connectivity index (χ4v) is 1.36. The maximum atomic E-state index is 11.7. The first kappa shape index (κ1) is 12.6. The number of hydrogen-bond acceptors (Lipinski definition) is 3. The van der Waals surface area contributed by atoms with E-state index >= 15 is 0 Å². The number of methoxy groups -OCH3 is 1. The molecule has 0 aliphatic rings. The van der Waals surface area contributed by atoms with Crippen molar-refractivity contribution in [2.75, 3.05) is 7.11 Å². The Labute approximate surface area is 96.4 Å². The first-order valence-corrected chi connectivity index (χ1v) is 5.39. The Bertz CT molecular complexity index is 341. The van der Waals surface area contributed by atoms with Gasteiger partial charge in [0.2, 0.25) is 0 Å². The molecule has 0 saturated carbocycles. The van der Waals surface area contributed by atoms with Gasteiger partial charge in [-0.05, 0) is 38.5 Å². The number of esters is 1. The van der Waals surface area contributed by atoms with Crippen LogP contribution in [-0.2, 0) is 9.53 Å². The Morgan fingerprint density at radius 3 is 2.12 bits per heavy atom. The van der Waals surface area contributed by atoms with E-state index in [1.807, 2.05) is 45.0 Å². The van der Waals surface area contributed by atoms with Gasteiger partial charge in [-0.3, -0.25) is 4.79 Å². The molecule has 88 valence electrons. The van der Waals surface area contributed by atoms with Gasteiger partial charge in [-0.2, -0.15) is 0 Å². The van der Waals surface area contributed by atoms with E-state index in [1.54, 1.807) is 7.11 Å². The van der Waals surface area contributed by atoms with Gasteiger partial charge in [0.1, 0.15) is 5.75 Å². The van der Waals surface area contributed by atoms with Crippen LogP contribution in [0.3, 0.4) is 0 Å². The second kappa shape index (κ2) is 5.54. The lowest BCUT2D eigenvalue weighted by molar-refractivity contribution is -0.148. The Morgan fingerprint density at radius 1 is 1.12 bits per heavy atom. The normalized spacial score (nSPS) is 12.3. The van der Waals surface area contributed by atoms with Crippen LogP contribution < -0.4 is 4.74 Å². The van der Waals surface area contributed by atoms with Crippen molar-refractivity contribution in [2.24, 2.45) is 0 Å². The fraction of sp³-hybridized carbons (Fsp3) is 0.462. The maximum Gasteiger partial charge on any atom is 0.313 e. The van der Waals surface area contributed by atoms with Crippen LogP contribution in [-0.4, -0.2) is 19.2 Å². The lowest BCUT2D eigenvalue weighted by Crippen LogP contribution is -2.17. The Morgan fingerprint density at radius 2 is 1.69 bits per heavy atom. The summed E-state index contributed by atoms with van der Waals surface area (Å²) in [7, 11) is 1.62. The Kier molecular flexibility index (Phi) is 4.35. The Balaban J connectivity index is 2.72. The van der Waals surface area contributed by atoms with E-state index < -0.39 is 0 Å². The Hall–Kier alpha value is -1.51. The molecule has 1 unspecified atom stereocenters. The predicted molar refractivity (Wildman–Crippen MR) is 62.6 cm³/mol. The SMILES string of the molecule is COc1ccc(C(C)C(=O)OC(C)C)cc1. The molecular formula is C13H18O3. The van der Waals surface area contributed by atoms with Crippen molar-refractivity contribution in [2.45, 2.75) is 32.8 Å². The second-order valence-electron chi connectivity index (χ2n) is 3.98. The van der Waals surface area contributed by atoms with E-state index in [1.165, 1.54) is 0 Å². The third-order valence-electron chi connectivity index (χ3n) is 2.32. The molecule has 0 amide bonds. The molecule has 0 aliphatic carbocycles. The van der Waals surface area contributed by atoms with Gasteiger partial charge in [-0.25, -0.2) is 0 Å². The molecule has 0 heterocycles. The highest BCUT2D eigenvalue weighted by atomic mass is 16.5. The monoisotopic (exact) mass is 222 g/mol. The van der Waals surface area contributed by atoms with Gasteiger partial charge >= 0.3 is 5.97 Å². The van der Waals surface area contributed by atoms with E-state index in [2.05, 4.69) is 0 Å². The predicted octanol–water partition coefficient (Wildman–Crippen LogP) is 2.75. The van der Waals surface area contributed by atoms with E-state index in [-0.39, 0.29) is 18.0 Å². The number of rotatable bonds is 4. The smallest absolute Gasteiger partial charge is 0.313 e. The zero-order chi connectivity index (χ0) is 12.1. The summed E-state index contributed by atoms with van der Waals surface area (Å²) in [5, 5.41) is 0. The lowest BCUT2D eigenvalue weighted by atomic mass is 10.0. The van der Waals surface area contributed by atoms with Crippen molar-refractivity contribution in [1.29, 1.82) is 0 Å². The van der Waals surface area contributed by atoms with Gasteiger partial charge in [-0.1, -0.05) is 12.1 Å². The van der Waals surface area contributed by atoms with Crippen molar-refractivity contribution in [1.82, 2.24) is 0 Å². The zero-order valence-electron chi connectivity index (χ0n) is 10.2. The average Bonchev–Trinajstić information content (AvgIpc) is 2.27. The third-order valence-corrected chi connectivity index (χ3v) is 2.32. The van der Waals surface area contributed by atoms with Crippen molar-refractivity contribution < 1.29 is 14.3 Å². The molecule has 1 aromatic carbocycles. The molecule has 1 rings (SSSR count). The quantitative estimate of drug-likeness (QED) is 0.735. The molecule has 3 nitrogen and oxygen atoms in total. The average molecular weight is 222 g/mol. The summed E-state index contributed by atoms with van der Waals surface area (Å²) in [6, 6.07) is 7.44. The largest absolute Gasteiger partial charge is 0.497 e. The van der Waals surface area contributed by atoms with Crippen molar-refractivity contribution in [3.8, 4) is 5.75 Å². The molecule has 0 aliphatic heterocycles. The van der Waals surface area contributed by atoms with Crippen LogP contribution in [0.1, 0.15) is 32.3 Å². The van der Waals surface area contributed by atoms with Crippen LogP contribution >= 0.6 is 0 Å². The topological polar surface area (TPSA) is 35.5 Å². The van der Waals surface area contributed by atoms with Gasteiger partial charge in [0, 0.05) is 0 Å². The molecular weight excluding hydrogens is 204 g/mol. The molecule has 0 fully saturated rings. The summed E-state index contributed by atoms with van der Waals surface area (Å²) >= 11 is 0. The highest BCUT2D eigenvalue weighted by Gasteiger charge is 2.17. The van der Waals surface area contributed by atoms with E-state index in [9.17, 15) is 4.79 Å². The minimum atomic E-state index is -0.242. The van der Waals surface area contributed by atoms with Gasteiger partial charge in [0.05, 0.1) is 19.1 Å². The summed E-state index contributed by atoms with van der Waals surface area (Å²) in [6.45, 7) is 5.53. The first-order valence-electron chi connectivity index (χ1n) is 5.39. The van der Waals surface area contributed by atoms with Crippen LogP contribution in [0.5, 0.6) is 5.75 Å². The minimum Gasteiger partial charge on any atom is -0.497 e. The molecule has 3 heteroatoms. The number of carbonyl (C=O) groups is 1. The molecule has 16 heavy (non-hydrogen) atoms. The summed E-state index contributed by atoms with van der Waals surface area (Å²) in [6.07, 6.45) is -0.0757. The molecule has 0 aromatic heterocycles. The number of carbonyl (C=O) groups excluding carboxylic acids is 1. The van der Waals surface area contributed by atoms with Gasteiger partial charge in [-0.15, -0.1) is 0 Å². The van der Waals surface area contributed by atoms with Crippen LogP contribution in [0, 0.1) is 0 Å². The van der Waals surface area contributed by atoms with Crippen molar-refractivity contribution >= 4 is 5.97 Å². The number of benzene rings is 1. The van der Waals surface area contributed by atoms with Crippen LogP contribution in [0.25, 0.3) is 0 Å². The van der Waals surface area contributed by atoms with Crippen LogP contribution in [0.15, 0.2) is 24.3 Å². The first-order chi connectivity index (χ1) is 7.54. The van der Waals surface area contributed by atoms with Gasteiger partial charge in [0.25, 0.3) is 0 Å². The molecule has 0 spiro atoms. The molecule has 0 radical (unpaired) electrons. The van der Waals surface area contributed by atoms with E-state index in [0.29, 0.717) is 0 Å². The number of ether oxygens (including phenoxy) is 2. The zero-order valence-corrected chi connectivity index (χ0v) is 10.2. The summed E-state index contributed by atoms with van der Waals surface area (Å²) < 4.78 is 10.2. The molecule has 0 saturated heterocycles. The minimum absolute atomic E-state index is 0.0757. The lowest BCUT2D eigenvalue weighted by Gasteiger charge is -2.14. The summed E-state index contributed by atoms with van der Waals surface area (Å²) in [5.74, 6) is 0.349. The van der Waals surface area contributed by atoms with Gasteiger partial charge < -0.3 is 9.47 Å². The summed E-state index contributed by atoms with van der Waals surface area (Å²) in [5.41, 5.74) is 0.937. The van der Waals surface area contributed by atoms with E-state index in [0.717, 1.165) is 11.3 Å². The molecule has 1 atom stereocenters.